The largest absolute Gasteiger partial charge is 0.450 e. The lowest BCUT2D eigenvalue weighted by Gasteiger charge is -2.10. The van der Waals surface area contributed by atoms with Crippen molar-refractivity contribution in [3.05, 3.63) is 58.9 Å². The molecular formula is C17H14N2O4. The molecule has 0 unspecified atom stereocenters. The van der Waals surface area contributed by atoms with Crippen molar-refractivity contribution in [3.63, 3.8) is 0 Å². The SMILES string of the molecule is CCOC(=O)Nc1ccccc1-c1cc(=O)c2cccnc2o1. The molecule has 23 heavy (non-hydrogen) atoms. The number of benzene rings is 1. The molecule has 0 aliphatic carbocycles. The lowest BCUT2D eigenvalue weighted by molar-refractivity contribution is 0.168. The van der Waals surface area contributed by atoms with E-state index < -0.39 is 6.09 Å². The van der Waals surface area contributed by atoms with Crippen LogP contribution in [0.15, 0.2) is 57.9 Å². The van der Waals surface area contributed by atoms with Crippen molar-refractivity contribution in [2.45, 2.75) is 6.92 Å². The van der Waals surface area contributed by atoms with Crippen LogP contribution in [0.25, 0.3) is 22.4 Å². The lowest BCUT2D eigenvalue weighted by Crippen LogP contribution is -2.14. The first kappa shape index (κ1) is 14.8. The van der Waals surface area contributed by atoms with E-state index in [4.69, 9.17) is 9.15 Å². The number of aromatic nitrogens is 1. The predicted octanol–water partition coefficient (Wildman–Crippen LogP) is 3.42. The maximum atomic E-state index is 12.2. The van der Waals surface area contributed by atoms with Crippen molar-refractivity contribution < 1.29 is 13.9 Å². The average Bonchev–Trinajstić information content (AvgIpc) is 2.55. The van der Waals surface area contributed by atoms with Gasteiger partial charge in [-0.15, -0.1) is 0 Å². The zero-order valence-corrected chi connectivity index (χ0v) is 12.4. The standard InChI is InChI=1S/C17H14N2O4/c1-2-22-17(21)19-13-8-4-3-6-11(13)15-10-14(20)12-7-5-9-18-16(12)23-15/h3-10H,2H2,1H3,(H,19,21). The van der Waals surface area contributed by atoms with Crippen molar-refractivity contribution in [2.24, 2.45) is 0 Å². The molecule has 0 bridgehead atoms. The van der Waals surface area contributed by atoms with E-state index in [-0.39, 0.29) is 17.7 Å². The molecule has 2 aromatic heterocycles. The second kappa shape index (κ2) is 6.31. The van der Waals surface area contributed by atoms with E-state index in [1.54, 1.807) is 49.5 Å². The van der Waals surface area contributed by atoms with E-state index >= 15 is 0 Å². The molecule has 0 saturated heterocycles. The van der Waals surface area contributed by atoms with Crippen LogP contribution in [0.1, 0.15) is 6.92 Å². The molecule has 0 fully saturated rings. The minimum Gasteiger partial charge on any atom is -0.450 e. The van der Waals surface area contributed by atoms with Crippen molar-refractivity contribution in [2.75, 3.05) is 11.9 Å². The summed E-state index contributed by atoms with van der Waals surface area (Å²) in [6.07, 6.45) is 0.985. The fourth-order valence-corrected chi connectivity index (χ4v) is 2.21. The Bertz CT molecular complexity index is 918. The second-order valence-corrected chi connectivity index (χ2v) is 4.72. The Hall–Kier alpha value is -3.15. The highest BCUT2D eigenvalue weighted by atomic mass is 16.5. The van der Waals surface area contributed by atoms with Gasteiger partial charge in [0.15, 0.2) is 5.43 Å². The van der Waals surface area contributed by atoms with E-state index in [9.17, 15) is 9.59 Å². The average molecular weight is 310 g/mol. The Balaban J connectivity index is 2.08. The number of fused-ring (bicyclic) bond motifs is 1. The fraction of sp³-hybridized carbons (Fsp3) is 0.118. The number of nitrogens with zero attached hydrogens (tertiary/aromatic N) is 1. The normalized spacial score (nSPS) is 10.5. The summed E-state index contributed by atoms with van der Waals surface area (Å²) in [5, 5.41) is 3.04. The monoisotopic (exact) mass is 310 g/mol. The van der Waals surface area contributed by atoms with Gasteiger partial charge in [-0.3, -0.25) is 10.1 Å². The predicted molar refractivity (Wildman–Crippen MR) is 86.4 cm³/mol. The molecule has 0 atom stereocenters. The maximum absolute atomic E-state index is 12.2. The number of rotatable bonds is 3. The molecule has 1 amide bonds. The smallest absolute Gasteiger partial charge is 0.411 e. The first-order valence-electron chi connectivity index (χ1n) is 7.11. The number of carbonyl (C=O) groups is 1. The van der Waals surface area contributed by atoms with Crippen LogP contribution in [0.4, 0.5) is 10.5 Å². The van der Waals surface area contributed by atoms with Gasteiger partial charge in [-0.1, -0.05) is 12.1 Å². The van der Waals surface area contributed by atoms with Crippen molar-refractivity contribution in [1.29, 1.82) is 0 Å². The molecule has 2 heterocycles. The zero-order chi connectivity index (χ0) is 16.2. The molecule has 0 aliphatic heterocycles. The van der Waals surface area contributed by atoms with Gasteiger partial charge in [0.05, 0.1) is 17.7 Å². The van der Waals surface area contributed by atoms with E-state index in [2.05, 4.69) is 10.3 Å². The molecule has 3 aromatic rings. The highest BCUT2D eigenvalue weighted by Gasteiger charge is 2.13. The van der Waals surface area contributed by atoms with Crippen LogP contribution in [0.5, 0.6) is 0 Å². The highest BCUT2D eigenvalue weighted by molar-refractivity contribution is 5.91. The topological polar surface area (TPSA) is 81.4 Å². The van der Waals surface area contributed by atoms with E-state index in [1.165, 1.54) is 6.07 Å². The van der Waals surface area contributed by atoms with Gasteiger partial charge in [-0.05, 0) is 31.2 Å². The first-order valence-corrected chi connectivity index (χ1v) is 7.11. The Morgan fingerprint density at radius 1 is 1.26 bits per heavy atom. The number of pyridine rings is 1. The van der Waals surface area contributed by atoms with Crippen LogP contribution in [0, 0.1) is 0 Å². The summed E-state index contributed by atoms with van der Waals surface area (Å²) in [5.74, 6) is 0.327. The molecule has 0 spiro atoms. The Morgan fingerprint density at radius 3 is 2.91 bits per heavy atom. The van der Waals surface area contributed by atoms with Crippen LogP contribution >= 0.6 is 0 Å². The van der Waals surface area contributed by atoms with E-state index in [1.807, 2.05) is 0 Å². The van der Waals surface area contributed by atoms with Gasteiger partial charge in [-0.2, -0.15) is 0 Å². The van der Waals surface area contributed by atoms with E-state index in [0.29, 0.717) is 22.4 Å². The van der Waals surface area contributed by atoms with Crippen molar-refractivity contribution in [1.82, 2.24) is 4.98 Å². The van der Waals surface area contributed by atoms with Gasteiger partial charge in [0, 0.05) is 17.8 Å². The molecule has 0 radical (unpaired) electrons. The highest BCUT2D eigenvalue weighted by Crippen LogP contribution is 2.28. The molecule has 0 saturated carbocycles. The molecule has 116 valence electrons. The second-order valence-electron chi connectivity index (χ2n) is 4.72. The number of nitrogens with one attached hydrogen (secondary N) is 1. The summed E-state index contributed by atoms with van der Waals surface area (Å²) in [7, 11) is 0. The number of amides is 1. The van der Waals surface area contributed by atoms with E-state index in [0.717, 1.165) is 0 Å². The van der Waals surface area contributed by atoms with Gasteiger partial charge < -0.3 is 9.15 Å². The van der Waals surface area contributed by atoms with Gasteiger partial charge in [-0.25, -0.2) is 9.78 Å². The van der Waals surface area contributed by atoms with Gasteiger partial charge in [0.25, 0.3) is 0 Å². The van der Waals surface area contributed by atoms with Crippen LogP contribution < -0.4 is 10.7 Å². The molecule has 6 heteroatoms. The first-order chi connectivity index (χ1) is 11.2. The Kier molecular flexibility index (Phi) is 4.05. The molecule has 1 aromatic carbocycles. The molecule has 3 rings (SSSR count). The lowest BCUT2D eigenvalue weighted by atomic mass is 10.1. The number of ether oxygens (including phenoxy) is 1. The van der Waals surface area contributed by atoms with Gasteiger partial charge in [0.2, 0.25) is 5.71 Å². The van der Waals surface area contributed by atoms with Gasteiger partial charge in [0.1, 0.15) is 5.76 Å². The molecular weight excluding hydrogens is 296 g/mol. The van der Waals surface area contributed by atoms with Crippen molar-refractivity contribution in [3.8, 4) is 11.3 Å². The summed E-state index contributed by atoms with van der Waals surface area (Å²) < 4.78 is 10.6. The fourth-order valence-electron chi connectivity index (χ4n) is 2.21. The number of carbonyl (C=O) groups excluding carboxylic acids is 1. The Morgan fingerprint density at radius 2 is 2.09 bits per heavy atom. The number of hydrogen-bond donors (Lipinski definition) is 1. The van der Waals surface area contributed by atoms with Crippen molar-refractivity contribution >= 4 is 22.9 Å². The minimum absolute atomic E-state index is 0.194. The maximum Gasteiger partial charge on any atom is 0.411 e. The number of anilines is 1. The minimum atomic E-state index is -0.568. The summed E-state index contributed by atoms with van der Waals surface area (Å²) >= 11 is 0. The van der Waals surface area contributed by atoms with Crippen LogP contribution in [-0.4, -0.2) is 17.7 Å². The third-order valence-electron chi connectivity index (χ3n) is 3.21. The zero-order valence-electron chi connectivity index (χ0n) is 12.4. The molecule has 1 N–H and O–H groups in total. The molecule has 0 aliphatic rings. The third kappa shape index (κ3) is 3.06. The van der Waals surface area contributed by atoms with Crippen LogP contribution in [-0.2, 0) is 4.74 Å². The summed E-state index contributed by atoms with van der Waals surface area (Å²) in [6.45, 7) is 1.99. The summed E-state index contributed by atoms with van der Waals surface area (Å²) in [4.78, 5) is 27.9. The summed E-state index contributed by atoms with van der Waals surface area (Å²) in [5.41, 5.74) is 1.12. The van der Waals surface area contributed by atoms with Crippen LogP contribution in [0.3, 0.4) is 0 Å². The quantitative estimate of drug-likeness (QED) is 0.801. The summed E-state index contributed by atoms with van der Waals surface area (Å²) in [6, 6.07) is 11.7. The molecule has 6 nitrogen and oxygen atoms in total. The van der Waals surface area contributed by atoms with Gasteiger partial charge >= 0.3 is 6.09 Å². The third-order valence-corrected chi connectivity index (χ3v) is 3.21. The van der Waals surface area contributed by atoms with Crippen LogP contribution in [0.2, 0.25) is 0 Å². The Labute approximate surface area is 131 Å². The number of para-hydroxylation sites is 1. The number of hydrogen-bond acceptors (Lipinski definition) is 5.